The van der Waals surface area contributed by atoms with E-state index in [2.05, 4.69) is 0 Å². The Balaban J connectivity index is 1.56. The molecule has 1 aliphatic carbocycles. The summed E-state index contributed by atoms with van der Waals surface area (Å²) in [5.74, 6) is -11.5. The van der Waals surface area contributed by atoms with Crippen molar-refractivity contribution >= 4 is 41.2 Å². The van der Waals surface area contributed by atoms with Gasteiger partial charge in [-0.05, 0) is 101 Å². The summed E-state index contributed by atoms with van der Waals surface area (Å²) in [4.78, 5) is 98.1. The van der Waals surface area contributed by atoms with Crippen molar-refractivity contribution in [2.75, 3.05) is 41.1 Å². The van der Waals surface area contributed by atoms with Gasteiger partial charge >= 0.3 is 17.9 Å². The molecular formula is C56H83NO17. The van der Waals surface area contributed by atoms with Crippen molar-refractivity contribution < 1.29 is 82.0 Å². The zero-order valence-corrected chi connectivity index (χ0v) is 44.9. The molecule has 0 radical (unpaired) electrons. The molecule has 74 heavy (non-hydrogen) atoms. The fourth-order valence-corrected chi connectivity index (χ4v) is 11.8. The Morgan fingerprint density at radius 3 is 2.26 bits per heavy atom. The normalized spacial score (nSPS) is 36.5. The average molecular weight is 1040 g/mol. The first kappa shape index (κ1) is 60.4. The molecular weight excluding hydrogens is 959 g/mol. The SMILES string of the molecule is CO[C@H]1C[C@@H]2CC[C@@H](C)[C@@](O)(O2)C(=O)C(=O)N2CCCC3[C@H]2C(=O)O[C@@H](CC(=O)[C@H](C)C=C(C)[C@@H](OC(=O)CCC(=O)O)[C@@H](OC)C(=O)[C@H](C)C[C@H](C)C=CC=CC=C1C)[C@H]3C[C@@H]1CC[C@@H](OCCO)[C@H](OC)C1. The van der Waals surface area contributed by atoms with Crippen molar-refractivity contribution in [1.82, 2.24) is 4.90 Å². The molecule has 5 rings (SSSR count). The maximum absolute atomic E-state index is 14.6. The van der Waals surface area contributed by atoms with Gasteiger partial charge in [0.15, 0.2) is 18.0 Å². The molecule has 6 bridgehead atoms. The van der Waals surface area contributed by atoms with E-state index in [1.807, 2.05) is 44.2 Å². The molecule has 3 N–H and O–H groups in total. The van der Waals surface area contributed by atoms with Crippen LogP contribution in [-0.2, 0) is 66.7 Å². The minimum Gasteiger partial charge on any atom is -0.481 e. The van der Waals surface area contributed by atoms with Crippen LogP contribution in [0.15, 0.2) is 47.6 Å². The number of hydrogen-bond donors (Lipinski definition) is 3. The van der Waals surface area contributed by atoms with Crippen LogP contribution in [0.4, 0.5) is 0 Å². The van der Waals surface area contributed by atoms with Crippen molar-refractivity contribution in [3.05, 3.63) is 47.6 Å². The number of allylic oxidation sites excluding steroid dienone is 6. The van der Waals surface area contributed by atoms with Gasteiger partial charge in [0.1, 0.15) is 17.9 Å². The maximum Gasteiger partial charge on any atom is 0.329 e. The van der Waals surface area contributed by atoms with Gasteiger partial charge in [-0.1, -0.05) is 64.2 Å². The van der Waals surface area contributed by atoms with Crippen molar-refractivity contribution in [2.24, 2.45) is 41.4 Å². The number of amides is 1. The molecule has 1 unspecified atom stereocenters. The molecule has 4 heterocycles. The molecule has 18 nitrogen and oxygen atoms in total. The molecule has 16 atom stereocenters. The number of rotatable bonds is 12. The second-order valence-electron chi connectivity index (χ2n) is 21.4. The molecule has 1 amide bonds. The number of ether oxygens (including phenoxy) is 7. The van der Waals surface area contributed by atoms with Crippen LogP contribution in [-0.4, -0.2) is 157 Å². The van der Waals surface area contributed by atoms with E-state index < -0.39 is 114 Å². The highest BCUT2D eigenvalue weighted by Gasteiger charge is 2.57. The lowest BCUT2D eigenvalue weighted by molar-refractivity contribution is -0.266. The van der Waals surface area contributed by atoms with Crippen LogP contribution in [0, 0.1) is 41.4 Å². The minimum atomic E-state index is -2.48. The standard InChI is InChI=1S/C56H83NO17/c1-32-14-11-10-12-15-33(2)44(68-7)30-39-19-17-37(6)56(67,74-39)53(64)54(65)57-23-13-16-40-41(28-38-18-20-43(71-25-24-58)46(29-38)69-8)45(72-55(66)49(40)57)31-42(59)34(3)27-36(5)51(73-48(62)22-21-47(60)61)52(70-9)50(63)35(4)26-32/h10-12,14-15,27,32,34-35,37-41,43-46,49,51-52,58,67H,13,16-26,28-31H2,1-9H3,(H,60,61)/t32-,34-,35-,37-,38+,39+,40?,41+,43-,44+,45+,46-,49+,51-,52+,56-/m1/s1. The first-order chi connectivity index (χ1) is 35.2. The maximum atomic E-state index is 14.6. The highest BCUT2D eigenvalue weighted by molar-refractivity contribution is 6.39. The number of carboxylic acid groups (broad SMARTS) is 1. The Bertz CT molecular complexity index is 2100. The van der Waals surface area contributed by atoms with E-state index in [9.17, 15) is 48.9 Å². The predicted molar refractivity (Wildman–Crippen MR) is 270 cm³/mol. The summed E-state index contributed by atoms with van der Waals surface area (Å²) in [7, 11) is 4.48. The van der Waals surface area contributed by atoms with Crippen LogP contribution in [0.5, 0.6) is 0 Å². The third kappa shape index (κ3) is 15.4. The fourth-order valence-electron chi connectivity index (χ4n) is 11.8. The fraction of sp³-hybridized carbons (Fsp3) is 0.732. The summed E-state index contributed by atoms with van der Waals surface area (Å²) in [6.07, 6.45) is 9.42. The quantitative estimate of drug-likeness (QED) is 0.118. The molecule has 0 spiro atoms. The third-order valence-electron chi connectivity index (χ3n) is 16.1. The second kappa shape index (κ2) is 28.1. The number of aliphatic hydroxyl groups is 2. The Hall–Kier alpha value is -4.43. The van der Waals surface area contributed by atoms with Gasteiger partial charge in [0.05, 0.1) is 50.5 Å². The number of piperidine rings is 1. The van der Waals surface area contributed by atoms with Gasteiger partial charge in [-0.3, -0.25) is 28.8 Å². The van der Waals surface area contributed by atoms with Gasteiger partial charge < -0.3 is 53.4 Å². The van der Waals surface area contributed by atoms with Crippen molar-refractivity contribution in [3.8, 4) is 0 Å². The van der Waals surface area contributed by atoms with Gasteiger partial charge in [0.25, 0.3) is 11.7 Å². The number of nitrogens with zero attached hydrogens (tertiary/aromatic N) is 1. The largest absolute Gasteiger partial charge is 0.481 e. The number of carbonyl (C=O) groups excluding carboxylic acids is 6. The predicted octanol–water partition coefficient (Wildman–Crippen LogP) is 5.83. The molecule has 1 saturated carbocycles. The molecule has 414 valence electrons. The van der Waals surface area contributed by atoms with Crippen LogP contribution < -0.4 is 0 Å². The summed E-state index contributed by atoms with van der Waals surface area (Å²) in [5.41, 5.74) is 1.16. The number of aliphatic hydroxyl groups excluding tert-OH is 1. The Morgan fingerprint density at radius 1 is 0.838 bits per heavy atom. The van der Waals surface area contributed by atoms with Crippen LogP contribution in [0.25, 0.3) is 0 Å². The number of carboxylic acids is 1. The van der Waals surface area contributed by atoms with Crippen molar-refractivity contribution in [3.63, 3.8) is 0 Å². The van der Waals surface area contributed by atoms with Gasteiger partial charge in [-0.15, -0.1) is 0 Å². The number of methoxy groups -OCH3 is 3. The second-order valence-corrected chi connectivity index (χ2v) is 21.4. The Labute approximate surface area is 436 Å². The highest BCUT2D eigenvalue weighted by Crippen LogP contribution is 2.45. The number of fused-ring (bicyclic) bond motifs is 3. The van der Waals surface area contributed by atoms with E-state index in [4.69, 9.17) is 33.2 Å². The zero-order chi connectivity index (χ0) is 54.4. The smallest absolute Gasteiger partial charge is 0.329 e. The summed E-state index contributed by atoms with van der Waals surface area (Å²) in [6.45, 7) is 10.6. The minimum absolute atomic E-state index is 0.0145. The Kier molecular flexibility index (Phi) is 22.9. The summed E-state index contributed by atoms with van der Waals surface area (Å²) in [6, 6.07) is -1.19. The summed E-state index contributed by atoms with van der Waals surface area (Å²) in [5, 5.41) is 30.9. The van der Waals surface area contributed by atoms with E-state index in [1.165, 1.54) is 12.0 Å². The number of carbonyl (C=O) groups is 7. The van der Waals surface area contributed by atoms with Crippen molar-refractivity contribution in [2.45, 2.75) is 180 Å². The van der Waals surface area contributed by atoms with Gasteiger partial charge in [-0.25, -0.2) is 4.79 Å². The van der Waals surface area contributed by atoms with Gasteiger partial charge in [0, 0.05) is 64.4 Å². The van der Waals surface area contributed by atoms with Crippen molar-refractivity contribution in [1.29, 1.82) is 0 Å². The van der Waals surface area contributed by atoms with E-state index in [1.54, 1.807) is 48.0 Å². The lowest BCUT2D eigenvalue weighted by Gasteiger charge is -2.50. The molecule has 0 aromatic carbocycles. The van der Waals surface area contributed by atoms with Gasteiger partial charge in [-0.2, -0.15) is 0 Å². The monoisotopic (exact) mass is 1040 g/mol. The van der Waals surface area contributed by atoms with E-state index >= 15 is 0 Å². The summed E-state index contributed by atoms with van der Waals surface area (Å²) < 4.78 is 41.7. The number of Topliss-reactive ketones (excluding diaryl/α,β-unsaturated/α-hetero) is 3. The third-order valence-corrected chi connectivity index (χ3v) is 16.1. The first-order valence-corrected chi connectivity index (χ1v) is 26.6. The topological polar surface area (TPSA) is 248 Å². The lowest BCUT2D eigenvalue weighted by Crippen LogP contribution is -2.65. The lowest BCUT2D eigenvalue weighted by atomic mass is 9.68. The Morgan fingerprint density at radius 2 is 1.58 bits per heavy atom. The molecule has 18 heteroatoms. The van der Waals surface area contributed by atoms with Crippen LogP contribution >= 0.6 is 0 Å². The molecule has 0 aromatic rings. The molecule has 5 aliphatic rings. The average Bonchev–Trinajstić information content (AvgIpc) is 3.37. The summed E-state index contributed by atoms with van der Waals surface area (Å²) >= 11 is 0. The first-order valence-electron chi connectivity index (χ1n) is 26.6. The van der Waals surface area contributed by atoms with Crippen LogP contribution in [0.2, 0.25) is 0 Å². The molecule has 4 fully saturated rings. The van der Waals surface area contributed by atoms with E-state index in [-0.39, 0.29) is 68.2 Å². The van der Waals surface area contributed by atoms with Gasteiger partial charge in [0.2, 0.25) is 5.79 Å². The van der Waals surface area contributed by atoms with Crippen LogP contribution in [0.3, 0.4) is 0 Å². The van der Waals surface area contributed by atoms with E-state index in [0.29, 0.717) is 63.4 Å². The molecule has 3 saturated heterocycles. The molecule has 4 aliphatic heterocycles. The number of esters is 2. The molecule has 0 aromatic heterocycles. The zero-order valence-electron chi connectivity index (χ0n) is 44.9. The number of aliphatic carboxylic acids is 1. The number of ketones is 3. The van der Waals surface area contributed by atoms with E-state index in [0.717, 1.165) is 5.57 Å². The number of hydrogen-bond acceptors (Lipinski definition) is 16. The highest BCUT2D eigenvalue weighted by atomic mass is 16.6. The van der Waals surface area contributed by atoms with Crippen LogP contribution in [0.1, 0.15) is 125 Å².